The van der Waals surface area contributed by atoms with E-state index in [1.165, 1.54) is 10.6 Å². The van der Waals surface area contributed by atoms with Crippen LogP contribution < -0.4 is 21.5 Å². The van der Waals surface area contributed by atoms with Crippen LogP contribution in [0.3, 0.4) is 0 Å². The Balaban J connectivity index is 1.58. The van der Waals surface area contributed by atoms with E-state index in [-0.39, 0.29) is 36.0 Å². The molecular formula is C31H35N7O6. The molecule has 1 N–H and O–H groups in total. The number of nitro groups is 1. The molecule has 1 fully saturated rings. The molecular weight excluding hydrogens is 566 g/mol. The van der Waals surface area contributed by atoms with Crippen molar-refractivity contribution in [2.24, 2.45) is 7.05 Å². The molecule has 2 aromatic heterocycles. The zero-order chi connectivity index (χ0) is 31.8. The van der Waals surface area contributed by atoms with E-state index < -0.39 is 27.9 Å². The minimum atomic E-state index is -0.628. The Morgan fingerprint density at radius 3 is 2.57 bits per heavy atom. The van der Waals surface area contributed by atoms with E-state index in [9.17, 15) is 24.5 Å². The second kappa shape index (κ2) is 11.9. The van der Waals surface area contributed by atoms with Crippen LogP contribution >= 0.6 is 0 Å². The van der Waals surface area contributed by atoms with Crippen LogP contribution in [0.2, 0.25) is 0 Å². The van der Waals surface area contributed by atoms with Crippen molar-refractivity contribution in [1.29, 1.82) is 0 Å². The van der Waals surface area contributed by atoms with Gasteiger partial charge in [0, 0.05) is 32.2 Å². The van der Waals surface area contributed by atoms with Crippen LogP contribution in [-0.4, -0.2) is 54.4 Å². The van der Waals surface area contributed by atoms with E-state index in [2.05, 4.69) is 17.2 Å². The van der Waals surface area contributed by atoms with Crippen molar-refractivity contribution in [3.05, 3.63) is 72.9 Å². The smallest absolute Gasteiger partial charge is 0.407 e. The number of carbonyl (C=O) groups is 1. The van der Waals surface area contributed by atoms with E-state index in [0.717, 1.165) is 17.4 Å². The molecule has 0 radical (unpaired) electrons. The second-order valence-corrected chi connectivity index (χ2v) is 11.8. The van der Waals surface area contributed by atoms with Gasteiger partial charge in [-0.3, -0.25) is 28.6 Å². The van der Waals surface area contributed by atoms with Gasteiger partial charge in [-0.2, -0.15) is 4.98 Å². The predicted molar refractivity (Wildman–Crippen MR) is 167 cm³/mol. The molecule has 1 aliphatic rings. The Kier molecular flexibility index (Phi) is 8.19. The molecule has 44 heavy (non-hydrogen) atoms. The first-order valence-electron chi connectivity index (χ1n) is 14.4. The van der Waals surface area contributed by atoms with Gasteiger partial charge in [0.15, 0.2) is 11.2 Å². The molecule has 1 amide bonds. The number of aryl methyl sites for hydroxylation is 1. The number of carbonyl (C=O) groups excluding carboxylic acids is 1. The van der Waals surface area contributed by atoms with E-state index in [1.54, 1.807) is 69.6 Å². The van der Waals surface area contributed by atoms with Crippen molar-refractivity contribution >= 4 is 39.7 Å². The lowest BCUT2D eigenvalue weighted by molar-refractivity contribution is -0.383. The molecule has 13 heteroatoms. The Morgan fingerprint density at radius 2 is 1.89 bits per heavy atom. The molecule has 1 atom stereocenters. The largest absolute Gasteiger partial charge is 0.444 e. The lowest BCUT2D eigenvalue weighted by atomic mass is 10.0. The maximum absolute atomic E-state index is 14.1. The van der Waals surface area contributed by atoms with Crippen molar-refractivity contribution in [3.63, 3.8) is 0 Å². The summed E-state index contributed by atoms with van der Waals surface area (Å²) in [7, 11) is 1.56. The minimum absolute atomic E-state index is 0.0538. The SMILES string of the molecule is CC#CCn1c(N2CCC[C@@H](NC(=O)OC(C)(C)C)C2)nc2c1c(=O)n(Cc1ccc([N+](=O)[O-])c3ccccc13)c(=O)n2C. The fraction of sp³-hybridized carbons (Fsp3) is 0.419. The summed E-state index contributed by atoms with van der Waals surface area (Å²) in [5.74, 6) is 6.36. The first-order chi connectivity index (χ1) is 20.9. The first kappa shape index (κ1) is 30.3. The zero-order valence-corrected chi connectivity index (χ0v) is 25.4. The Labute approximate surface area is 253 Å². The van der Waals surface area contributed by atoms with Gasteiger partial charge in [-0.1, -0.05) is 24.1 Å². The fourth-order valence-corrected chi connectivity index (χ4v) is 5.61. The molecule has 0 saturated carbocycles. The third-order valence-corrected chi connectivity index (χ3v) is 7.57. The molecule has 0 unspecified atom stereocenters. The number of anilines is 1. The Bertz CT molecular complexity index is 1950. The number of amides is 1. The van der Waals surface area contributed by atoms with Crippen LogP contribution in [0.4, 0.5) is 16.4 Å². The second-order valence-electron chi connectivity index (χ2n) is 11.8. The monoisotopic (exact) mass is 601 g/mol. The summed E-state index contributed by atoms with van der Waals surface area (Å²) in [6.45, 7) is 8.25. The van der Waals surface area contributed by atoms with Gasteiger partial charge in [-0.25, -0.2) is 9.59 Å². The summed E-state index contributed by atoms with van der Waals surface area (Å²) in [4.78, 5) is 58.0. The number of ether oxygens (including phenoxy) is 1. The number of nitrogens with zero attached hydrogens (tertiary/aromatic N) is 6. The molecule has 4 aromatic rings. The standard InChI is InChI=1S/C31H35N7O6/c1-6-7-17-36-25-26(33-28(36)35-16-10-11-21(19-35)32-29(40)44-31(2,3)4)34(5)30(41)37(27(25)39)18-20-14-15-24(38(42)43)23-13-9-8-12-22(20)23/h8-9,12-15,21H,10-11,16-19H2,1-5H3,(H,32,40)/t21-/m1/s1. The van der Waals surface area contributed by atoms with Crippen LogP contribution in [0, 0.1) is 22.0 Å². The van der Waals surface area contributed by atoms with Crippen molar-refractivity contribution in [2.45, 2.75) is 65.3 Å². The van der Waals surface area contributed by atoms with Gasteiger partial charge in [0.25, 0.3) is 11.2 Å². The van der Waals surface area contributed by atoms with E-state index in [0.29, 0.717) is 35.4 Å². The van der Waals surface area contributed by atoms with Crippen molar-refractivity contribution in [2.75, 3.05) is 18.0 Å². The van der Waals surface area contributed by atoms with Crippen LogP contribution in [0.25, 0.3) is 21.9 Å². The highest BCUT2D eigenvalue weighted by molar-refractivity contribution is 5.93. The Hall–Kier alpha value is -5.12. The van der Waals surface area contributed by atoms with Gasteiger partial charge in [0.1, 0.15) is 5.60 Å². The predicted octanol–water partition coefficient (Wildman–Crippen LogP) is 3.52. The third-order valence-electron chi connectivity index (χ3n) is 7.57. The highest BCUT2D eigenvalue weighted by Gasteiger charge is 2.29. The number of imidazole rings is 1. The first-order valence-corrected chi connectivity index (χ1v) is 14.4. The summed E-state index contributed by atoms with van der Waals surface area (Å²) in [5, 5.41) is 15.6. The third kappa shape index (κ3) is 5.88. The molecule has 1 saturated heterocycles. The van der Waals surface area contributed by atoms with Gasteiger partial charge in [-0.15, -0.1) is 5.92 Å². The maximum Gasteiger partial charge on any atom is 0.407 e. The average molecular weight is 602 g/mol. The summed E-state index contributed by atoms with van der Waals surface area (Å²) in [6, 6.07) is 9.61. The lowest BCUT2D eigenvalue weighted by Crippen LogP contribution is -2.49. The summed E-state index contributed by atoms with van der Waals surface area (Å²) < 4.78 is 9.61. The fourth-order valence-electron chi connectivity index (χ4n) is 5.61. The number of non-ortho nitro benzene ring substituents is 1. The highest BCUT2D eigenvalue weighted by atomic mass is 16.6. The number of benzene rings is 2. The van der Waals surface area contributed by atoms with Gasteiger partial charge >= 0.3 is 11.8 Å². The quantitative estimate of drug-likeness (QED) is 0.201. The number of piperidine rings is 1. The molecule has 0 aliphatic carbocycles. The normalized spacial score (nSPS) is 15.2. The molecule has 0 bridgehead atoms. The van der Waals surface area contributed by atoms with Crippen LogP contribution in [0.15, 0.2) is 46.0 Å². The molecule has 13 nitrogen and oxygen atoms in total. The number of alkyl carbamates (subject to hydrolysis) is 1. The van der Waals surface area contributed by atoms with Crippen LogP contribution in [0.5, 0.6) is 0 Å². The van der Waals surface area contributed by atoms with Crippen LogP contribution in [0.1, 0.15) is 46.1 Å². The number of rotatable bonds is 6. The number of fused-ring (bicyclic) bond motifs is 2. The van der Waals surface area contributed by atoms with Gasteiger partial charge in [0.2, 0.25) is 5.95 Å². The topological polar surface area (TPSA) is 147 Å². The summed E-state index contributed by atoms with van der Waals surface area (Å²) >= 11 is 0. The van der Waals surface area contributed by atoms with Gasteiger partial charge in [-0.05, 0) is 63.6 Å². The number of aromatic nitrogens is 4. The minimum Gasteiger partial charge on any atom is -0.444 e. The van der Waals surface area contributed by atoms with E-state index in [4.69, 9.17) is 9.72 Å². The number of hydrogen-bond donors (Lipinski definition) is 1. The molecule has 1 aliphatic heterocycles. The molecule has 2 aromatic carbocycles. The molecule has 230 valence electrons. The number of nitrogens with one attached hydrogen (secondary N) is 1. The highest BCUT2D eigenvalue weighted by Crippen LogP contribution is 2.29. The number of hydrogen-bond acceptors (Lipinski definition) is 8. The van der Waals surface area contributed by atoms with Crippen molar-refractivity contribution in [1.82, 2.24) is 24.0 Å². The van der Waals surface area contributed by atoms with E-state index >= 15 is 0 Å². The number of nitro benzene ring substituents is 1. The molecule has 5 rings (SSSR count). The molecule has 0 spiro atoms. The van der Waals surface area contributed by atoms with Crippen molar-refractivity contribution < 1.29 is 14.5 Å². The molecule has 3 heterocycles. The van der Waals surface area contributed by atoms with Crippen molar-refractivity contribution in [3.8, 4) is 11.8 Å². The summed E-state index contributed by atoms with van der Waals surface area (Å²) in [6.07, 6.45) is 1.01. The van der Waals surface area contributed by atoms with E-state index in [1.807, 2.05) is 4.90 Å². The summed E-state index contributed by atoms with van der Waals surface area (Å²) in [5.41, 5.74) is -0.749. The zero-order valence-electron chi connectivity index (χ0n) is 25.4. The van der Waals surface area contributed by atoms with Gasteiger partial charge in [0.05, 0.1) is 23.4 Å². The Morgan fingerprint density at radius 1 is 1.16 bits per heavy atom. The maximum atomic E-state index is 14.1. The van der Waals surface area contributed by atoms with Crippen LogP contribution in [-0.2, 0) is 24.9 Å². The average Bonchev–Trinajstić information content (AvgIpc) is 3.36. The lowest BCUT2D eigenvalue weighted by Gasteiger charge is -2.34. The van der Waals surface area contributed by atoms with Gasteiger partial charge < -0.3 is 15.0 Å².